The zero-order chi connectivity index (χ0) is 16.7. The van der Waals surface area contributed by atoms with Crippen LogP contribution in [0.3, 0.4) is 0 Å². The molecule has 0 aliphatic heterocycles. The van der Waals surface area contributed by atoms with Crippen LogP contribution in [-0.4, -0.2) is 9.97 Å². The van der Waals surface area contributed by atoms with Gasteiger partial charge in [-0.05, 0) is 35.9 Å². The number of nitrogens with zero attached hydrogens (tertiary/aromatic N) is 1. The number of thiazole rings is 1. The third-order valence-corrected chi connectivity index (χ3v) is 5.09. The molecule has 2 aromatic heterocycles. The van der Waals surface area contributed by atoms with Crippen LogP contribution in [0.25, 0.3) is 32.7 Å². The molecular formula is C18H10Cl2N2OS. The van der Waals surface area contributed by atoms with E-state index >= 15 is 0 Å². The molecule has 0 spiro atoms. The number of halogens is 2. The number of fused-ring (bicyclic) bond motifs is 1. The van der Waals surface area contributed by atoms with Crippen molar-refractivity contribution in [3.05, 3.63) is 74.3 Å². The van der Waals surface area contributed by atoms with Gasteiger partial charge in [0.15, 0.2) is 5.65 Å². The predicted molar refractivity (Wildman–Crippen MR) is 101 cm³/mol. The molecule has 2 aromatic carbocycles. The smallest absolute Gasteiger partial charge is 0.297 e. The fourth-order valence-corrected chi connectivity index (χ4v) is 3.61. The fourth-order valence-electron chi connectivity index (χ4n) is 2.55. The van der Waals surface area contributed by atoms with Gasteiger partial charge in [-0.25, -0.2) is 4.98 Å². The lowest BCUT2D eigenvalue weighted by Gasteiger charge is -2.07. The third-order valence-electron chi connectivity index (χ3n) is 3.68. The molecule has 4 rings (SSSR count). The molecule has 0 amide bonds. The number of nitrogens with one attached hydrogen (secondary N) is 1. The maximum atomic E-state index is 11.8. The molecule has 0 fully saturated rings. The number of benzene rings is 2. The van der Waals surface area contributed by atoms with Gasteiger partial charge in [-0.1, -0.05) is 58.8 Å². The quantitative estimate of drug-likeness (QED) is 0.495. The van der Waals surface area contributed by atoms with Gasteiger partial charge in [-0.3, -0.25) is 9.78 Å². The summed E-state index contributed by atoms with van der Waals surface area (Å²) >= 11 is 13.1. The van der Waals surface area contributed by atoms with Crippen LogP contribution in [-0.2, 0) is 0 Å². The second kappa shape index (κ2) is 6.06. The van der Waals surface area contributed by atoms with E-state index in [1.807, 2.05) is 54.6 Å². The standard InChI is InChI=1S/C18H10Cl2N2OS/c19-12-5-1-10(2-6-12)14-9-15(11-3-7-13(20)8-4-11)21-17-16(14)24-18(23)22-17/h1-9H,(H,21,22,23). The molecule has 0 unspecified atom stereocenters. The van der Waals surface area contributed by atoms with Crippen LogP contribution >= 0.6 is 34.5 Å². The summed E-state index contributed by atoms with van der Waals surface area (Å²) in [6, 6.07) is 17.0. The molecule has 4 aromatic rings. The zero-order valence-electron chi connectivity index (χ0n) is 12.2. The van der Waals surface area contributed by atoms with Crippen LogP contribution < -0.4 is 4.87 Å². The van der Waals surface area contributed by atoms with Crippen LogP contribution in [0, 0.1) is 0 Å². The van der Waals surface area contributed by atoms with E-state index < -0.39 is 0 Å². The van der Waals surface area contributed by atoms with Crippen LogP contribution in [0.4, 0.5) is 0 Å². The maximum Gasteiger partial charge on any atom is 0.306 e. The van der Waals surface area contributed by atoms with Crippen molar-refractivity contribution in [2.45, 2.75) is 0 Å². The summed E-state index contributed by atoms with van der Waals surface area (Å²) in [6.07, 6.45) is 0. The first-order valence-corrected chi connectivity index (χ1v) is 8.73. The van der Waals surface area contributed by atoms with E-state index in [1.54, 1.807) is 0 Å². The highest BCUT2D eigenvalue weighted by atomic mass is 35.5. The number of hydrogen-bond acceptors (Lipinski definition) is 3. The van der Waals surface area contributed by atoms with Gasteiger partial charge in [0.05, 0.1) is 10.4 Å². The molecule has 0 aliphatic carbocycles. The Labute approximate surface area is 151 Å². The van der Waals surface area contributed by atoms with Gasteiger partial charge >= 0.3 is 4.87 Å². The Hall–Kier alpha value is -2.14. The average molecular weight is 373 g/mol. The molecule has 6 heteroatoms. The van der Waals surface area contributed by atoms with Crippen LogP contribution in [0.5, 0.6) is 0 Å². The number of rotatable bonds is 2. The van der Waals surface area contributed by atoms with Gasteiger partial charge < -0.3 is 0 Å². The van der Waals surface area contributed by atoms with Crippen molar-refractivity contribution >= 4 is 44.9 Å². The lowest BCUT2D eigenvalue weighted by molar-refractivity contribution is 1.29. The fraction of sp³-hybridized carbons (Fsp3) is 0. The van der Waals surface area contributed by atoms with Crippen LogP contribution in [0.1, 0.15) is 0 Å². The highest BCUT2D eigenvalue weighted by molar-refractivity contribution is 7.16. The number of H-pyrrole nitrogens is 1. The third kappa shape index (κ3) is 2.84. The number of hydrogen-bond donors (Lipinski definition) is 1. The summed E-state index contributed by atoms with van der Waals surface area (Å²) in [5.41, 5.74) is 4.23. The van der Waals surface area contributed by atoms with Gasteiger partial charge in [0.25, 0.3) is 0 Å². The number of aromatic amines is 1. The number of aromatic nitrogens is 2. The molecule has 0 saturated carbocycles. The van der Waals surface area contributed by atoms with Crippen molar-refractivity contribution in [2.24, 2.45) is 0 Å². The van der Waals surface area contributed by atoms with E-state index in [4.69, 9.17) is 23.2 Å². The van der Waals surface area contributed by atoms with Gasteiger partial charge in [0.1, 0.15) is 0 Å². The first-order valence-electron chi connectivity index (χ1n) is 7.16. The van der Waals surface area contributed by atoms with E-state index in [2.05, 4.69) is 9.97 Å². The summed E-state index contributed by atoms with van der Waals surface area (Å²) < 4.78 is 0.833. The molecule has 118 valence electrons. The topological polar surface area (TPSA) is 45.8 Å². The van der Waals surface area contributed by atoms with E-state index in [-0.39, 0.29) is 4.87 Å². The van der Waals surface area contributed by atoms with Crippen LogP contribution in [0.15, 0.2) is 59.4 Å². The normalized spacial score (nSPS) is 11.1. The Balaban J connectivity index is 1.98. The predicted octanol–water partition coefficient (Wildman–Crippen LogP) is 5.63. The first kappa shape index (κ1) is 15.4. The number of pyridine rings is 1. The molecule has 0 saturated heterocycles. The van der Waals surface area contributed by atoms with E-state index in [0.29, 0.717) is 15.7 Å². The van der Waals surface area contributed by atoms with Crippen molar-refractivity contribution in [3.63, 3.8) is 0 Å². The summed E-state index contributed by atoms with van der Waals surface area (Å²) in [6.45, 7) is 0. The van der Waals surface area contributed by atoms with E-state index in [0.717, 1.165) is 38.4 Å². The molecular weight excluding hydrogens is 363 g/mol. The largest absolute Gasteiger partial charge is 0.306 e. The molecule has 1 N–H and O–H groups in total. The van der Waals surface area contributed by atoms with Crippen LogP contribution in [0.2, 0.25) is 10.0 Å². The van der Waals surface area contributed by atoms with E-state index in [1.165, 1.54) is 0 Å². The lowest BCUT2D eigenvalue weighted by atomic mass is 10.0. The average Bonchev–Trinajstić information content (AvgIpc) is 2.95. The Morgan fingerprint density at radius 1 is 0.875 bits per heavy atom. The maximum absolute atomic E-state index is 11.8. The molecule has 0 atom stereocenters. The summed E-state index contributed by atoms with van der Waals surface area (Å²) in [7, 11) is 0. The van der Waals surface area contributed by atoms with Gasteiger partial charge in [-0.2, -0.15) is 0 Å². The van der Waals surface area contributed by atoms with Gasteiger partial charge in [0.2, 0.25) is 0 Å². The Morgan fingerprint density at radius 2 is 1.46 bits per heavy atom. The van der Waals surface area contributed by atoms with Gasteiger partial charge in [-0.15, -0.1) is 0 Å². The summed E-state index contributed by atoms with van der Waals surface area (Å²) in [4.78, 5) is 19.1. The van der Waals surface area contributed by atoms with Crippen molar-refractivity contribution in [2.75, 3.05) is 0 Å². The minimum atomic E-state index is -0.124. The second-order valence-electron chi connectivity index (χ2n) is 5.26. The molecule has 24 heavy (non-hydrogen) atoms. The monoisotopic (exact) mass is 372 g/mol. The second-order valence-corrected chi connectivity index (χ2v) is 7.12. The van der Waals surface area contributed by atoms with Crippen molar-refractivity contribution in [3.8, 4) is 22.4 Å². The lowest BCUT2D eigenvalue weighted by Crippen LogP contribution is -1.92. The minimum absolute atomic E-state index is 0.124. The molecule has 0 radical (unpaired) electrons. The molecule has 0 bridgehead atoms. The highest BCUT2D eigenvalue weighted by Crippen LogP contribution is 2.33. The summed E-state index contributed by atoms with van der Waals surface area (Å²) in [5, 5.41) is 1.34. The van der Waals surface area contributed by atoms with Crippen molar-refractivity contribution < 1.29 is 0 Å². The Kier molecular flexibility index (Phi) is 3.88. The SMILES string of the molecule is O=c1[nH]c2nc(-c3ccc(Cl)cc3)cc(-c3ccc(Cl)cc3)c2s1. The molecule has 3 nitrogen and oxygen atoms in total. The Bertz CT molecular complexity index is 1080. The van der Waals surface area contributed by atoms with Gasteiger partial charge in [0, 0.05) is 21.2 Å². The van der Waals surface area contributed by atoms with E-state index in [9.17, 15) is 4.79 Å². The van der Waals surface area contributed by atoms with Crippen molar-refractivity contribution in [1.29, 1.82) is 0 Å². The Morgan fingerprint density at radius 3 is 2.08 bits per heavy atom. The first-order chi connectivity index (χ1) is 11.6. The molecule has 0 aliphatic rings. The minimum Gasteiger partial charge on any atom is -0.297 e. The van der Waals surface area contributed by atoms with Crippen molar-refractivity contribution in [1.82, 2.24) is 9.97 Å². The zero-order valence-corrected chi connectivity index (χ0v) is 14.5. The highest BCUT2D eigenvalue weighted by Gasteiger charge is 2.12. The molecule has 2 heterocycles. The summed E-state index contributed by atoms with van der Waals surface area (Å²) in [5.74, 6) is 0.